The third-order valence-corrected chi connectivity index (χ3v) is 5.19. The fourth-order valence-corrected chi connectivity index (χ4v) is 3.20. The van der Waals surface area contributed by atoms with E-state index in [2.05, 4.69) is 5.32 Å². The zero-order valence-electron chi connectivity index (χ0n) is 15.2. The first-order valence-corrected chi connectivity index (χ1v) is 9.29. The summed E-state index contributed by atoms with van der Waals surface area (Å²) in [4.78, 5) is 48.3. The average Bonchev–Trinajstić information content (AvgIpc) is 3.39. The van der Waals surface area contributed by atoms with Gasteiger partial charge in [0.2, 0.25) is 5.88 Å². The summed E-state index contributed by atoms with van der Waals surface area (Å²) in [5.74, 6) is -4.33. The van der Waals surface area contributed by atoms with Crippen LogP contribution in [0.3, 0.4) is 0 Å². The van der Waals surface area contributed by atoms with Crippen molar-refractivity contribution >= 4 is 17.8 Å². The van der Waals surface area contributed by atoms with Gasteiger partial charge in [-0.2, -0.15) is 0 Å². The lowest BCUT2D eigenvalue weighted by Crippen LogP contribution is -2.39. The molecule has 2 aliphatic rings. The number of carbonyl (C=O) groups is 3. The monoisotopic (exact) mass is 393 g/mol. The molecule has 2 saturated carbocycles. The Morgan fingerprint density at radius 3 is 2.18 bits per heavy atom. The molecule has 2 fully saturated rings. The van der Waals surface area contributed by atoms with Crippen LogP contribution in [-0.4, -0.2) is 50.8 Å². The number of pyridine rings is 1. The Morgan fingerprint density at radius 2 is 1.64 bits per heavy atom. The Balaban J connectivity index is 1.97. The number of aliphatic carboxylic acids is 1. The fraction of sp³-hybridized carbons (Fsp3) is 0.556. The number of carboxylic acids is 1. The molecule has 0 saturated heterocycles. The third kappa shape index (κ3) is 3.95. The second-order valence-electron chi connectivity index (χ2n) is 7.25. The van der Waals surface area contributed by atoms with Gasteiger partial charge in [-0.3, -0.25) is 23.7 Å². The quantitative estimate of drug-likeness (QED) is 0.426. The fourth-order valence-electron chi connectivity index (χ4n) is 3.20. The predicted octanol–water partition coefficient (Wildman–Crippen LogP) is 0.329. The minimum absolute atomic E-state index is 0.339. The van der Waals surface area contributed by atoms with E-state index in [4.69, 9.17) is 5.11 Å². The third-order valence-electron chi connectivity index (χ3n) is 5.19. The van der Waals surface area contributed by atoms with Gasteiger partial charge < -0.3 is 26.0 Å². The normalized spacial score (nSPS) is 16.3. The molecule has 5 N–H and O–H groups in total. The zero-order valence-corrected chi connectivity index (χ0v) is 15.2. The largest absolute Gasteiger partial charge is 0.506 e. The first-order chi connectivity index (χ1) is 13.3. The summed E-state index contributed by atoms with van der Waals surface area (Å²) in [6.07, 6.45) is 4.95. The van der Waals surface area contributed by atoms with Gasteiger partial charge in [-0.1, -0.05) is 12.8 Å². The van der Waals surface area contributed by atoms with Crippen molar-refractivity contribution in [3.05, 3.63) is 21.5 Å². The van der Waals surface area contributed by atoms with Crippen molar-refractivity contribution in [2.24, 2.45) is 5.92 Å². The maximum absolute atomic E-state index is 12.7. The lowest BCUT2D eigenvalue weighted by Gasteiger charge is -2.29. The molecular weight excluding hydrogens is 370 g/mol. The second-order valence-corrected chi connectivity index (χ2v) is 7.25. The van der Waals surface area contributed by atoms with E-state index in [0.717, 1.165) is 30.3 Å². The first kappa shape index (κ1) is 19.7. The molecule has 152 valence electrons. The Kier molecular flexibility index (Phi) is 5.57. The predicted molar refractivity (Wildman–Crippen MR) is 96.6 cm³/mol. The van der Waals surface area contributed by atoms with Gasteiger partial charge in [0.15, 0.2) is 5.75 Å². The van der Waals surface area contributed by atoms with Gasteiger partial charge in [0.25, 0.3) is 17.4 Å². The molecule has 0 spiro atoms. The van der Waals surface area contributed by atoms with Crippen molar-refractivity contribution in [3.8, 4) is 11.6 Å². The van der Waals surface area contributed by atoms with Gasteiger partial charge in [-0.05, 0) is 31.6 Å². The van der Waals surface area contributed by atoms with E-state index in [-0.39, 0.29) is 0 Å². The van der Waals surface area contributed by atoms with E-state index in [0.29, 0.717) is 25.3 Å². The molecule has 2 aliphatic carbocycles. The summed E-state index contributed by atoms with van der Waals surface area (Å²) >= 11 is 0. The molecule has 0 aromatic carbocycles. The topological polar surface area (TPSA) is 158 Å². The molecule has 0 aliphatic heterocycles. The van der Waals surface area contributed by atoms with Gasteiger partial charge in [0, 0.05) is 12.6 Å². The van der Waals surface area contributed by atoms with E-state index in [1.54, 1.807) is 0 Å². The Bertz CT molecular complexity index is 869. The number of aromatic hydroxyl groups is 2. The molecule has 28 heavy (non-hydrogen) atoms. The van der Waals surface area contributed by atoms with Crippen molar-refractivity contribution in [1.82, 2.24) is 15.2 Å². The van der Waals surface area contributed by atoms with Crippen LogP contribution >= 0.6 is 0 Å². The van der Waals surface area contributed by atoms with Crippen molar-refractivity contribution in [1.29, 1.82) is 0 Å². The number of rotatable bonds is 8. The molecule has 3 rings (SSSR count). The van der Waals surface area contributed by atoms with Crippen molar-refractivity contribution in [2.75, 3.05) is 13.1 Å². The number of nitrogens with one attached hydrogen (secondary N) is 2. The summed E-state index contributed by atoms with van der Waals surface area (Å²) < 4.78 is 0.939. The Labute approximate surface area is 160 Å². The molecule has 2 amide bonds. The lowest BCUT2D eigenvalue weighted by molar-refractivity contribution is -0.135. The number of carboxylic acid groups (broad SMARTS) is 1. The highest BCUT2D eigenvalue weighted by molar-refractivity contribution is 6.05. The zero-order chi connectivity index (χ0) is 20.4. The van der Waals surface area contributed by atoms with Gasteiger partial charge >= 0.3 is 5.97 Å². The van der Waals surface area contributed by atoms with Crippen LogP contribution in [0, 0.1) is 5.92 Å². The minimum atomic E-state index is -1.33. The first-order valence-electron chi connectivity index (χ1n) is 9.29. The average molecular weight is 393 g/mol. The number of hydrogen-bond donors (Lipinski definition) is 5. The summed E-state index contributed by atoms with van der Waals surface area (Å²) in [6, 6.07) is -0.392. The van der Waals surface area contributed by atoms with Crippen LogP contribution in [-0.2, 0) is 4.79 Å². The van der Waals surface area contributed by atoms with Crippen LogP contribution in [0.15, 0.2) is 4.79 Å². The van der Waals surface area contributed by atoms with Crippen LogP contribution in [0.1, 0.15) is 65.3 Å². The molecular formula is C18H23N3O7. The number of carbonyl (C=O) groups excluding carboxylic acids is 2. The summed E-state index contributed by atoms with van der Waals surface area (Å²) in [6.45, 7) is -0.420. The Hall–Kier alpha value is -3.04. The molecule has 1 aromatic heterocycles. The summed E-state index contributed by atoms with van der Waals surface area (Å²) in [5, 5.41) is 34.3. The molecule has 0 bridgehead atoms. The highest BCUT2D eigenvalue weighted by atomic mass is 16.4. The molecule has 0 radical (unpaired) electrons. The smallest absolute Gasteiger partial charge is 0.322 e. The van der Waals surface area contributed by atoms with E-state index in [1.165, 1.54) is 0 Å². The summed E-state index contributed by atoms with van der Waals surface area (Å²) in [5.41, 5.74) is -2.27. The van der Waals surface area contributed by atoms with Crippen LogP contribution in [0.4, 0.5) is 0 Å². The van der Waals surface area contributed by atoms with E-state index >= 15 is 0 Å². The molecule has 0 unspecified atom stereocenters. The van der Waals surface area contributed by atoms with Crippen molar-refractivity contribution in [3.63, 3.8) is 0 Å². The minimum Gasteiger partial charge on any atom is -0.506 e. The molecule has 1 aromatic rings. The van der Waals surface area contributed by atoms with Gasteiger partial charge in [-0.15, -0.1) is 0 Å². The SMILES string of the molecule is O=C(O)CNC(=O)c1c(O)c(C(=O)NCCC2CC2)c(O)n(C2CCC2)c1=O. The van der Waals surface area contributed by atoms with Crippen LogP contribution in [0.25, 0.3) is 0 Å². The van der Waals surface area contributed by atoms with E-state index in [1.807, 2.05) is 5.32 Å². The summed E-state index contributed by atoms with van der Waals surface area (Å²) in [7, 11) is 0. The van der Waals surface area contributed by atoms with Crippen LogP contribution < -0.4 is 16.2 Å². The van der Waals surface area contributed by atoms with Crippen molar-refractivity contribution in [2.45, 2.75) is 44.6 Å². The van der Waals surface area contributed by atoms with E-state index in [9.17, 15) is 29.4 Å². The Morgan fingerprint density at radius 1 is 1.00 bits per heavy atom. The van der Waals surface area contributed by atoms with Gasteiger partial charge in [0.1, 0.15) is 17.7 Å². The van der Waals surface area contributed by atoms with Gasteiger partial charge in [-0.25, -0.2) is 0 Å². The number of hydrogen-bond acceptors (Lipinski definition) is 6. The number of nitrogens with zero attached hydrogens (tertiary/aromatic N) is 1. The standard InChI is InChI=1S/C18H23N3O7/c22-11(23)8-20-16(26)13-14(24)12(15(25)19-7-6-9-4-5-9)17(27)21(18(13)28)10-2-1-3-10/h9-10,24,27H,1-8H2,(H,19,25)(H,20,26)(H,22,23). The molecule has 10 heteroatoms. The molecule has 0 atom stereocenters. The molecule has 10 nitrogen and oxygen atoms in total. The maximum Gasteiger partial charge on any atom is 0.322 e. The highest BCUT2D eigenvalue weighted by Crippen LogP contribution is 2.37. The van der Waals surface area contributed by atoms with Gasteiger partial charge in [0.05, 0.1) is 0 Å². The van der Waals surface area contributed by atoms with E-state index < -0.39 is 58.7 Å². The second kappa shape index (κ2) is 7.91. The van der Waals surface area contributed by atoms with Crippen LogP contribution in [0.2, 0.25) is 0 Å². The van der Waals surface area contributed by atoms with Crippen molar-refractivity contribution < 1.29 is 29.7 Å². The maximum atomic E-state index is 12.7. The number of aromatic nitrogens is 1. The highest BCUT2D eigenvalue weighted by Gasteiger charge is 2.34. The lowest BCUT2D eigenvalue weighted by atomic mass is 9.92. The molecule has 1 heterocycles. The van der Waals surface area contributed by atoms with Crippen LogP contribution in [0.5, 0.6) is 11.6 Å². The number of amides is 2.